The molecule has 1 aliphatic carbocycles. The molecule has 0 heterocycles. The van der Waals surface area contributed by atoms with Crippen LogP contribution in [0.15, 0.2) is 0 Å². The van der Waals surface area contributed by atoms with Crippen LogP contribution >= 0.6 is 0 Å². The molecule has 2 unspecified atom stereocenters. The molecule has 1 rings (SSSR count). The second-order valence-electron chi connectivity index (χ2n) is 5.33. The second-order valence-corrected chi connectivity index (χ2v) is 5.33. The number of aliphatic hydroxyl groups is 1. The molecule has 2 heteroatoms. The predicted octanol–water partition coefficient (Wildman–Crippen LogP) is 2.52. The zero-order valence-corrected chi connectivity index (χ0v) is 10.6. The van der Waals surface area contributed by atoms with Crippen LogP contribution in [0.4, 0.5) is 0 Å². The highest BCUT2D eigenvalue weighted by atomic mass is 16.3. The lowest BCUT2D eigenvalue weighted by Crippen LogP contribution is -2.30. The molecule has 15 heavy (non-hydrogen) atoms. The molecule has 1 N–H and O–H groups in total. The Morgan fingerprint density at radius 2 is 2.07 bits per heavy atom. The highest BCUT2D eigenvalue weighted by Gasteiger charge is 2.25. The number of aliphatic hydroxyl groups excluding tert-OH is 1. The molecule has 90 valence electrons. The van der Waals surface area contributed by atoms with Gasteiger partial charge in [-0.3, -0.25) is 0 Å². The molecule has 0 aromatic heterocycles. The van der Waals surface area contributed by atoms with Gasteiger partial charge in [-0.2, -0.15) is 0 Å². The molecule has 0 amide bonds. The summed E-state index contributed by atoms with van der Waals surface area (Å²) in [5, 5.41) is 9.74. The monoisotopic (exact) mass is 213 g/mol. The average molecular weight is 213 g/mol. The molecule has 1 saturated carbocycles. The molecule has 0 bridgehead atoms. The van der Waals surface area contributed by atoms with E-state index in [1.165, 1.54) is 25.8 Å². The Kier molecular flexibility index (Phi) is 5.62. The fraction of sp³-hybridized carbons (Fsp3) is 1.00. The third-order valence-electron chi connectivity index (χ3n) is 3.51. The lowest BCUT2D eigenvalue weighted by molar-refractivity contribution is 0.117. The van der Waals surface area contributed by atoms with Crippen LogP contribution in [0.2, 0.25) is 0 Å². The third-order valence-corrected chi connectivity index (χ3v) is 3.51. The van der Waals surface area contributed by atoms with Crippen LogP contribution in [-0.2, 0) is 0 Å². The minimum atomic E-state index is -0.0113. The minimum Gasteiger partial charge on any atom is -0.393 e. The summed E-state index contributed by atoms with van der Waals surface area (Å²) in [6, 6.07) is 0. The number of hydrogen-bond acceptors (Lipinski definition) is 2. The van der Waals surface area contributed by atoms with Crippen molar-refractivity contribution in [3.8, 4) is 0 Å². The first kappa shape index (κ1) is 13.0. The Balaban J connectivity index is 2.21. The lowest BCUT2D eigenvalue weighted by atomic mass is 10.0. The van der Waals surface area contributed by atoms with Gasteiger partial charge in [0.25, 0.3) is 0 Å². The first-order chi connectivity index (χ1) is 7.13. The van der Waals surface area contributed by atoms with E-state index in [9.17, 15) is 5.11 Å². The van der Waals surface area contributed by atoms with Crippen LogP contribution in [0.3, 0.4) is 0 Å². The van der Waals surface area contributed by atoms with E-state index in [2.05, 4.69) is 25.7 Å². The van der Waals surface area contributed by atoms with Crippen molar-refractivity contribution >= 4 is 0 Å². The van der Waals surface area contributed by atoms with E-state index in [0.29, 0.717) is 5.92 Å². The van der Waals surface area contributed by atoms with Crippen molar-refractivity contribution in [2.24, 2.45) is 11.8 Å². The Morgan fingerprint density at radius 1 is 1.33 bits per heavy atom. The topological polar surface area (TPSA) is 23.5 Å². The molecule has 0 radical (unpaired) electrons. The zero-order valence-electron chi connectivity index (χ0n) is 10.6. The van der Waals surface area contributed by atoms with Crippen LogP contribution in [0.1, 0.15) is 46.5 Å². The maximum Gasteiger partial charge on any atom is 0.0568 e. The normalized spacial score (nSPS) is 26.8. The molecule has 2 nitrogen and oxygen atoms in total. The van der Waals surface area contributed by atoms with Gasteiger partial charge in [-0.05, 0) is 44.2 Å². The maximum absolute atomic E-state index is 9.74. The molecule has 0 aliphatic heterocycles. The van der Waals surface area contributed by atoms with E-state index in [1.807, 2.05) is 0 Å². The predicted molar refractivity (Wildman–Crippen MR) is 64.9 cm³/mol. The van der Waals surface area contributed by atoms with Crippen LogP contribution in [0.25, 0.3) is 0 Å². The minimum absolute atomic E-state index is 0.0113. The standard InChI is InChI=1S/C13H27NO/c1-4-14(10-11(2)3)9-8-12-6-5-7-13(12)15/h11-13,15H,4-10H2,1-3H3. The van der Waals surface area contributed by atoms with Gasteiger partial charge in [0.2, 0.25) is 0 Å². The molecule has 0 aromatic carbocycles. The van der Waals surface area contributed by atoms with Crippen molar-refractivity contribution in [1.82, 2.24) is 4.90 Å². The summed E-state index contributed by atoms with van der Waals surface area (Å²) in [7, 11) is 0. The first-order valence-corrected chi connectivity index (χ1v) is 6.54. The Hall–Kier alpha value is -0.0800. The van der Waals surface area contributed by atoms with Gasteiger partial charge in [0, 0.05) is 6.54 Å². The summed E-state index contributed by atoms with van der Waals surface area (Å²) in [6.45, 7) is 10.3. The van der Waals surface area contributed by atoms with Crippen molar-refractivity contribution in [1.29, 1.82) is 0 Å². The Morgan fingerprint density at radius 3 is 2.53 bits per heavy atom. The molecular formula is C13H27NO. The van der Waals surface area contributed by atoms with Gasteiger partial charge in [-0.15, -0.1) is 0 Å². The van der Waals surface area contributed by atoms with E-state index in [4.69, 9.17) is 0 Å². The molecule has 2 atom stereocenters. The van der Waals surface area contributed by atoms with Crippen molar-refractivity contribution in [2.45, 2.75) is 52.6 Å². The fourth-order valence-electron chi connectivity index (χ4n) is 2.60. The quantitative estimate of drug-likeness (QED) is 0.733. The summed E-state index contributed by atoms with van der Waals surface area (Å²) in [5.41, 5.74) is 0. The first-order valence-electron chi connectivity index (χ1n) is 6.54. The third kappa shape index (κ3) is 4.52. The average Bonchev–Trinajstić information content (AvgIpc) is 2.58. The largest absolute Gasteiger partial charge is 0.393 e. The maximum atomic E-state index is 9.74. The molecule has 1 fully saturated rings. The summed E-state index contributed by atoms with van der Waals surface area (Å²) in [6.07, 6.45) is 4.66. The van der Waals surface area contributed by atoms with Crippen LogP contribution in [0, 0.1) is 11.8 Å². The van der Waals surface area contributed by atoms with Gasteiger partial charge in [0.1, 0.15) is 0 Å². The number of nitrogens with zero attached hydrogens (tertiary/aromatic N) is 1. The van der Waals surface area contributed by atoms with Crippen LogP contribution < -0.4 is 0 Å². The van der Waals surface area contributed by atoms with E-state index in [1.54, 1.807) is 0 Å². The molecule has 0 spiro atoms. The van der Waals surface area contributed by atoms with Gasteiger partial charge in [-0.1, -0.05) is 27.2 Å². The molecule has 0 aromatic rings. The highest BCUT2D eigenvalue weighted by molar-refractivity contribution is 4.77. The van der Waals surface area contributed by atoms with Gasteiger partial charge >= 0.3 is 0 Å². The molecule has 1 aliphatic rings. The van der Waals surface area contributed by atoms with E-state index in [0.717, 1.165) is 25.4 Å². The van der Waals surface area contributed by atoms with Crippen molar-refractivity contribution in [3.05, 3.63) is 0 Å². The van der Waals surface area contributed by atoms with Crippen molar-refractivity contribution < 1.29 is 5.11 Å². The second kappa shape index (κ2) is 6.49. The van der Waals surface area contributed by atoms with E-state index >= 15 is 0 Å². The fourth-order valence-corrected chi connectivity index (χ4v) is 2.60. The van der Waals surface area contributed by atoms with Gasteiger partial charge in [-0.25, -0.2) is 0 Å². The van der Waals surface area contributed by atoms with Crippen LogP contribution in [0.5, 0.6) is 0 Å². The summed E-state index contributed by atoms with van der Waals surface area (Å²) < 4.78 is 0. The van der Waals surface area contributed by atoms with Crippen molar-refractivity contribution in [3.63, 3.8) is 0 Å². The van der Waals surface area contributed by atoms with Crippen molar-refractivity contribution in [2.75, 3.05) is 19.6 Å². The SMILES string of the molecule is CCN(CCC1CCCC1O)CC(C)C. The van der Waals surface area contributed by atoms with Gasteiger partial charge < -0.3 is 10.0 Å². The van der Waals surface area contributed by atoms with E-state index < -0.39 is 0 Å². The van der Waals surface area contributed by atoms with Gasteiger partial charge in [0.15, 0.2) is 0 Å². The summed E-state index contributed by atoms with van der Waals surface area (Å²) in [4.78, 5) is 2.51. The Bertz CT molecular complexity index is 170. The van der Waals surface area contributed by atoms with Gasteiger partial charge in [0.05, 0.1) is 6.10 Å². The zero-order chi connectivity index (χ0) is 11.3. The Labute approximate surface area is 94.7 Å². The molecule has 0 saturated heterocycles. The highest BCUT2D eigenvalue weighted by Crippen LogP contribution is 2.28. The van der Waals surface area contributed by atoms with Crippen LogP contribution in [-0.4, -0.2) is 35.7 Å². The number of hydrogen-bond donors (Lipinski definition) is 1. The summed E-state index contributed by atoms with van der Waals surface area (Å²) >= 11 is 0. The summed E-state index contributed by atoms with van der Waals surface area (Å²) in [5.74, 6) is 1.32. The molecular weight excluding hydrogens is 186 g/mol. The lowest BCUT2D eigenvalue weighted by Gasteiger charge is -2.24. The van der Waals surface area contributed by atoms with E-state index in [-0.39, 0.29) is 6.10 Å². The smallest absolute Gasteiger partial charge is 0.0568 e. The number of rotatable bonds is 6.